The molecule has 0 bridgehead atoms. The maximum atomic E-state index is 14.9. The maximum absolute atomic E-state index is 14.9. The number of halogens is 2. The molecule has 0 spiro atoms. The number of benzene rings is 3. The van der Waals surface area contributed by atoms with Crippen molar-refractivity contribution in [3.05, 3.63) is 96.6 Å². The monoisotopic (exact) mass is 673 g/mol. The number of hydrogen-bond donors (Lipinski definition) is 0. The molecule has 1 aromatic heterocycles. The Morgan fingerprint density at radius 1 is 0.898 bits per heavy atom. The molecule has 0 unspecified atom stereocenters. The highest BCUT2D eigenvalue weighted by atomic mass is 19.1. The first-order chi connectivity index (χ1) is 23.8. The van der Waals surface area contributed by atoms with E-state index < -0.39 is 17.4 Å². The van der Waals surface area contributed by atoms with Crippen molar-refractivity contribution in [1.82, 2.24) is 19.7 Å². The minimum Gasteiger partial charge on any atom is -0.493 e. The second-order valence-corrected chi connectivity index (χ2v) is 12.9. The molecule has 3 aliphatic heterocycles. The molecule has 3 aliphatic rings. The van der Waals surface area contributed by atoms with Gasteiger partial charge < -0.3 is 28.9 Å². The summed E-state index contributed by atoms with van der Waals surface area (Å²) in [7, 11) is 0. The minimum absolute atomic E-state index is 0.0628. The first-order valence-electron chi connectivity index (χ1n) is 16.8. The lowest BCUT2D eigenvalue weighted by molar-refractivity contribution is -0.191. The van der Waals surface area contributed by atoms with Gasteiger partial charge in [-0.1, -0.05) is 0 Å². The molecule has 4 heterocycles. The minimum atomic E-state index is -1.46. The van der Waals surface area contributed by atoms with E-state index in [1.165, 1.54) is 29.5 Å². The number of piperazine rings is 1. The second-order valence-electron chi connectivity index (χ2n) is 12.9. The molecule has 3 aromatic carbocycles. The molecule has 0 radical (unpaired) electrons. The highest BCUT2D eigenvalue weighted by Crippen LogP contribution is 2.38. The predicted octanol–water partition coefficient (Wildman–Crippen LogP) is 5.27. The zero-order valence-corrected chi connectivity index (χ0v) is 27.8. The fourth-order valence-electron chi connectivity index (χ4n) is 6.74. The van der Waals surface area contributed by atoms with E-state index in [0.717, 1.165) is 68.1 Å². The molecule has 49 heavy (non-hydrogen) atoms. The highest BCUT2D eigenvalue weighted by Gasteiger charge is 2.46. The third-order valence-electron chi connectivity index (χ3n) is 9.42. The van der Waals surface area contributed by atoms with Crippen molar-refractivity contribution in [2.45, 2.75) is 44.7 Å². The number of amides is 2. The zero-order chi connectivity index (χ0) is 34.0. The molecular weight excluding hydrogens is 632 g/mol. The number of urea groups is 1. The smallest absolute Gasteiger partial charge is 0.324 e. The molecule has 2 atom stereocenters. The van der Waals surface area contributed by atoms with Crippen LogP contribution in [0.5, 0.6) is 5.75 Å². The van der Waals surface area contributed by atoms with Crippen molar-refractivity contribution in [3.63, 3.8) is 0 Å². The van der Waals surface area contributed by atoms with E-state index in [9.17, 15) is 13.6 Å². The summed E-state index contributed by atoms with van der Waals surface area (Å²) in [4.78, 5) is 25.2. The van der Waals surface area contributed by atoms with Gasteiger partial charge in [0, 0.05) is 80.4 Å². The molecule has 7 rings (SSSR count). The molecule has 13 heteroatoms. The van der Waals surface area contributed by atoms with Crippen molar-refractivity contribution in [2.75, 3.05) is 67.2 Å². The van der Waals surface area contributed by atoms with Crippen molar-refractivity contribution >= 4 is 23.1 Å². The van der Waals surface area contributed by atoms with E-state index in [2.05, 4.69) is 56.3 Å². The molecular formula is C36H41F2N7O4. The fourth-order valence-corrected chi connectivity index (χ4v) is 6.74. The van der Waals surface area contributed by atoms with Crippen LogP contribution in [0.3, 0.4) is 0 Å². The van der Waals surface area contributed by atoms with E-state index in [1.54, 1.807) is 0 Å². The Labute approximate surface area is 284 Å². The summed E-state index contributed by atoms with van der Waals surface area (Å²) in [5.74, 6) is -2.14. The lowest BCUT2D eigenvalue weighted by Gasteiger charge is -2.37. The predicted molar refractivity (Wildman–Crippen MR) is 181 cm³/mol. The lowest BCUT2D eigenvalue weighted by atomic mass is 10.0. The van der Waals surface area contributed by atoms with Crippen LogP contribution in [0.2, 0.25) is 0 Å². The number of rotatable bonds is 11. The van der Waals surface area contributed by atoms with Crippen LogP contribution < -0.4 is 19.4 Å². The van der Waals surface area contributed by atoms with Gasteiger partial charge in [0.05, 0.1) is 19.3 Å². The molecule has 0 N–H and O–H groups in total. The van der Waals surface area contributed by atoms with E-state index in [0.29, 0.717) is 13.0 Å². The van der Waals surface area contributed by atoms with E-state index in [1.807, 2.05) is 35.8 Å². The summed E-state index contributed by atoms with van der Waals surface area (Å²) in [6.07, 6.45) is 3.02. The summed E-state index contributed by atoms with van der Waals surface area (Å²) in [5, 5.41) is 4.11. The van der Waals surface area contributed by atoms with Crippen molar-refractivity contribution in [3.8, 4) is 5.75 Å². The Morgan fingerprint density at radius 2 is 1.57 bits per heavy atom. The van der Waals surface area contributed by atoms with Crippen molar-refractivity contribution < 1.29 is 27.8 Å². The van der Waals surface area contributed by atoms with Crippen LogP contribution in [0.25, 0.3) is 0 Å². The maximum Gasteiger partial charge on any atom is 0.324 e. The molecule has 3 saturated heterocycles. The Balaban J connectivity index is 0.886. The number of ether oxygens (including phenoxy) is 3. The Hall–Kier alpha value is -4.75. The third kappa shape index (κ3) is 7.04. The Bertz CT molecular complexity index is 1720. The van der Waals surface area contributed by atoms with Crippen LogP contribution in [0.15, 0.2) is 79.4 Å². The number of nitrogens with zero attached hydrogens (tertiary/aromatic N) is 7. The van der Waals surface area contributed by atoms with Gasteiger partial charge in [-0.05, 0) is 74.5 Å². The van der Waals surface area contributed by atoms with E-state index in [-0.39, 0.29) is 36.9 Å². The molecule has 4 aromatic rings. The molecule has 258 valence electrons. The van der Waals surface area contributed by atoms with Crippen molar-refractivity contribution in [2.24, 2.45) is 0 Å². The summed E-state index contributed by atoms with van der Waals surface area (Å²) >= 11 is 0. The molecule has 0 saturated carbocycles. The number of carbonyl (C=O) groups excluding carboxylic acids is 1. The average molecular weight is 674 g/mol. The van der Waals surface area contributed by atoms with Gasteiger partial charge in [0.25, 0.3) is 0 Å². The summed E-state index contributed by atoms with van der Waals surface area (Å²) in [5.41, 5.74) is 3.35. The molecule has 2 amide bonds. The first-order valence-corrected chi connectivity index (χ1v) is 16.8. The standard InChI is InChI=1S/C36H41F2N7O4/c1-26(2)44-18-19-45(35(44)46)30-6-4-28(5-7-30)41-14-16-42(17-15-41)29-8-10-31(11-9-29)47-20-13-32-22-48-36(49-32,23-43-25-39-24-40-43)33-12-3-27(37)21-34(33)38/h3-12,21,24-26,32H,13-20,22-23H2,1-2H3/t32-,36-/m0/s1. The van der Waals surface area contributed by atoms with Gasteiger partial charge in [0.15, 0.2) is 0 Å². The number of hydrogen-bond acceptors (Lipinski definition) is 8. The van der Waals surface area contributed by atoms with Gasteiger partial charge in [-0.15, -0.1) is 0 Å². The molecule has 0 aliphatic carbocycles. The SMILES string of the molecule is CC(C)N1CCN(c2ccc(N3CCN(c4ccc(OCC[C@H]5CO[C@](Cn6cncn6)(c6ccc(F)cc6F)O5)cc4)CC3)cc2)C1=O. The fraction of sp³-hybridized carbons (Fsp3) is 0.417. The van der Waals surface area contributed by atoms with Crippen LogP contribution in [0.4, 0.5) is 30.6 Å². The zero-order valence-electron chi connectivity index (χ0n) is 27.8. The molecule has 11 nitrogen and oxygen atoms in total. The normalized spacial score (nSPS) is 21.3. The van der Waals surface area contributed by atoms with Gasteiger partial charge >= 0.3 is 6.03 Å². The third-order valence-corrected chi connectivity index (χ3v) is 9.42. The van der Waals surface area contributed by atoms with Gasteiger partial charge in [0.2, 0.25) is 5.79 Å². The number of aromatic nitrogens is 3. The van der Waals surface area contributed by atoms with Gasteiger partial charge in [-0.2, -0.15) is 5.10 Å². The van der Waals surface area contributed by atoms with Crippen LogP contribution in [-0.4, -0.2) is 90.3 Å². The number of carbonyl (C=O) groups is 1. The summed E-state index contributed by atoms with van der Waals surface area (Å²) in [6, 6.07) is 20.0. The Kier molecular flexibility index (Phi) is 9.37. The highest BCUT2D eigenvalue weighted by molar-refractivity contribution is 5.94. The Morgan fingerprint density at radius 3 is 2.18 bits per heavy atom. The largest absolute Gasteiger partial charge is 0.493 e. The number of anilines is 3. The van der Waals surface area contributed by atoms with Crippen LogP contribution in [-0.2, 0) is 21.8 Å². The summed E-state index contributed by atoms with van der Waals surface area (Å²) < 4.78 is 48.4. The van der Waals surface area contributed by atoms with Gasteiger partial charge in [-0.3, -0.25) is 4.90 Å². The molecule has 3 fully saturated rings. The quantitative estimate of drug-likeness (QED) is 0.213. The first kappa shape index (κ1) is 32.8. The van der Waals surface area contributed by atoms with Gasteiger partial charge in [-0.25, -0.2) is 23.2 Å². The average Bonchev–Trinajstić information content (AvgIpc) is 3.86. The van der Waals surface area contributed by atoms with E-state index in [4.69, 9.17) is 14.2 Å². The second kappa shape index (κ2) is 14.0. The van der Waals surface area contributed by atoms with E-state index >= 15 is 0 Å². The summed E-state index contributed by atoms with van der Waals surface area (Å²) in [6.45, 7) is 9.80. The van der Waals surface area contributed by atoms with Crippen LogP contribution >= 0.6 is 0 Å². The topological polar surface area (TPSA) is 88.4 Å². The van der Waals surface area contributed by atoms with Crippen LogP contribution in [0, 0.1) is 11.6 Å². The van der Waals surface area contributed by atoms with Crippen LogP contribution in [0.1, 0.15) is 25.8 Å². The van der Waals surface area contributed by atoms with Gasteiger partial charge in [0.1, 0.15) is 36.6 Å². The van der Waals surface area contributed by atoms with Crippen molar-refractivity contribution in [1.29, 1.82) is 0 Å². The lowest BCUT2D eigenvalue weighted by Crippen LogP contribution is -2.46.